The van der Waals surface area contributed by atoms with Gasteiger partial charge in [0.05, 0.1) is 19.0 Å². The Labute approximate surface area is 159 Å². The molecule has 5 heteroatoms. The summed E-state index contributed by atoms with van der Waals surface area (Å²) in [4.78, 5) is 14.8. The van der Waals surface area contributed by atoms with E-state index in [0.29, 0.717) is 24.5 Å². The van der Waals surface area contributed by atoms with E-state index < -0.39 is 0 Å². The van der Waals surface area contributed by atoms with Crippen molar-refractivity contribution in [2.75, 3.05) is 20.2 Å². The van der Waals surface area contributed by atoms with Crippen LogP contribution >= 0.6 is 0 Å². The summed E-state index contributed by atoms with van der Waals surface area (Å²) in [7, 11) is 1.55. The number of hydrogen-bond acceptors (Lipinski definition) is 3. The molecule has 0 atom stereocenters. The zero-order valence-electron chi connectivity index (χ0n) is 15.4. The van der Waals surface area contributed by atoms with Crippen molar-refractivity contribution in [1.29, 1.82) is 0 Å². The van der Waals surface area contributed by atoms with Crippen LogP contribution in [0.4, 0.5) is 0 Å². The Balaban J connectivity index is 1.82. The van der Waals surface area contributed by atoms with Crippen LogP contribution in [0.1, 0.15) is 16.1 Å². The Morgan fingerprint density at radius 3 is 2.44 bits per heavy atom. The Morgan fingerprint density at radius 2 is 1.81 bits per heavy atom. The van der Waals surface area contributed by atoms with Gasteiger partial charge in [-0.1, -0.05) is 54.6 Å². The average molecular weight is 361 g/mol. The smallest absolute Gasteiger partial charge is 0.278 e. The third kappa shape index (κ3) is 4.44. The van der Waals surface area contributed by atoms with Crippen LogP contribution in [-0.2, 0) is 6.42 Å². The van der Waals surface area contributed by atoms with Gasteiger partial charge in [0, 0.05) is 13.1 Å². The summed E-state index contributed by atoms with van der Waals surface area (Å²) in [5, 5.41) is 4.48. The van der Waals surface area contributed by atoms with E-state index in [9.17, 15) is 4.79 Å². The number of hydrogen-bond donors (Lipinski definition) is 0. The van der Waals surface area contributed by atoms with Crippen molar-refractivity contribution in [3.05, 3.63) is 90.8 Å². The highest BCUT2D eigenvalue weighted by atomic mass is 16.5. The van der Waals surface area contributed by atoms with Crippen molar-refractivity contribution in [2.24, 2.45) is 0 Å². The van der Waals surface area contributed by atoms with E-state index in [1.807, 2.05) is 48.5 Å². The Bertz CT molecular complexity index is 888. The van der Waals surface area contributed by atoms with Crippen LogP contribution in [0.5, 0.6) is 5.75 Å². The average Bonchev–Trinajstić information content (AvgIpc) is 3.16. The minimum absolute atomic E-state index is 0.169. The molecule has 2 aromatic carbocycles. The quantitative estimate of drug-likeness (QED) is 0.574. The minimum Gasteiger partial charge on any atom is -0.493 e. The number of aromatic nitrogens is 2. The van der Waals surface area contributed by atoms with E-state index in [1.165, 1.54) is 5.56 Å². The molecule has 3 rings (SSSR count). The molecule has 138 valence electrons. The zero-order chi connectivity index (χ0) is 19.1. The molecule has 0 spiro atoms. The van der Waals surface area contributed by atoms with Crippen molar-refractivity contribution in [1.82, 2.24) is 14.7 Å². The van der Waals surface area contributed by atoms with Gasteiger partial charge in [0.1, 0.15) is 0 Å². The fourth-order valence-electron chi connectivity index (χ4n) is 2.86. The Kier molecular flexibility index (Phi) is 6.05. The fraction of sp³-hybridized carbons (Fsp3) is 0.182. The first-order chi connectivity index (χ1) is 13.2. The first kappa shape index (κ1) is 18.5. The van der Waals surface area contributed by atoms with Gasteiger partial charge in [0.25, 0.3) is 5.91 Å². The molecule has 0 N–H and O–H groups in total. The number of carbonyl (C=O) groups excluding carboxylic acids is 1. The highest BCUT2D eigenvalue weighted by molar-refractivity contribution is 5.95. The van der Waals surface area contributed by atoms with Crippen LogP contribution < -0.4 is 4.74 Å². The van der Waals surface area contributed by atoms with E-state index in [-0.39, 0.29) is 5.91 Å². The van der Waals surface area contributed by atoms with Gasteiger partial charge >= 0.3 is 0 Å². The molecule has 0 bridgehead atoms. The van der Waals surface area contributed by atoms with Gasteiger partial charge < -0.3 is 9.64 Å². The molecule has 0 saturated heterocycles. The number of nitrogens with zero attached hydrogens (tertiary/aromatic N) is 3. The molecule has 0 aliphatic heterocycles. The maximum Gasteiger partial charge on any atom is 0.278 e. The number of ether oxygens (including phenoxy) is 1. The second-order valence-electron chi connectivity index (χ2n) is 6.10. The lowest BCUT2D eigenvalue weighted by Gasteiger charge is -2.20. The fourth-order valence-corrected chi connectivity index (χ4v) is 2.86. The van der Waals surface area contributed by atoms with Gasteiger partial charge in [0.2, 0.25) is 0 Å². The summed E-state index contributed by atoms with van der Waals surface area (Å²) in [5.74, 6) is 0.287. The molecular formula is C22H23N3O2. The predicted octanol–water partition coefficient (Wildman–Crippen LogP) is 3.75. The SMILES string of the molecule is C=CCN(CCc1ccccc1)C(=O)c1nn(-c2ccccc2)cc1OC. The predicted molar refractivity (Wildman–Crippen MR) is 106 cm³/mol. The molecule has 1 amide bonds. The summed E-state index contributed by atoms with van der Waals surface area (Å²) < 4.78 is 7.07. The molecule has 1 heterocycles. The molecule has 3 aromatic rings. The maximum atomic E-state index is 13.1. The van der Waals surface area contributed by atoms with E-state index in [2.05, 4.69) is 23.8 Å². The molecule has 0 aliphatic carbocycles. The molecular weight excluding hydrogens is 338 g/mol. The number of methoxy groups -OCH3 is 1. The summed E-state index contributed by atoms with van der Waals surface area (Å²) in [6, 6.07) is 19.7. The van der Waals surface area contributed by atoms with Gasteiger partial charge in [-0.2, -0.15) is 5.10 Å². The largest absolute Gasteiger partial charge is 0.493 e. The van der Waals surface area contributed by atoms with Crippen molar-refractivity contribution in [3.8, 4) is 11.4 Å². The summed E-state index contributed by atoms with van der Waals surface area (Å²) >= 11 is 0. The van der Waals surface area contributed by atoms with E-state index in [4.69, 9.17) is 4.74 Å². The third-order valence-electron chi connectivity index (χ3n) is 4.27. The normalized spacial score (nSPS) is 10.4. The lowest BCUT2D eigenvalue weighted by molar-refractivity contribution is 0.0766. The standard InChI is InChI=1S/C22H23N3O2/c1-3-15-24(16-14-18-10-6-4-7-11-18)22(26)21-20(27-2)17-25(23-21)19-12-8-5-9-13-19/h3-13,17H,1,14-16H2,2H3. The van der Waals surface area contributed by atoms with Crippen molar-refractivity contribution in [3.63, 3.8) is 0 Å². The lowest BCUT2D eigenvalue weighted by Crippen LogP contribution is -2.33. The molecule has 0 aliphatic rings. The third-order valence-corrected chi connectivity index (χ3v) is 4.27. The van der Waals surface area contributed by atoms with Crippen LogP contribution in [0, 0.1) is 0 Å². The number of benzene rings is 2. The van der Waals surface area contributed by atoms with E-state index in [0.717, 1.165) is 12.1 Å². The van der Waals surface area contributed by atoms with Gasteiger partial charge in [-0.15, -0.1) is 6.58 Å². The molecule has 0 fully saturated rings. The number of para-hydroxylation sites is 1. The number of carbonyl (C=O) groups is 1. The molecule has 1 aromatic heterocycles. The van der Waals surface area contributed by atoms with Crippen molar-refractivity contribution < 1.29 is 9.53 Å². The van der Waals surface area contributed by atoms with Crippen LogP contribution in [-0.4, -0.2) is 40.8 Å². The Morgan fingerprint density at radius 1 is 1.15 bits per heavy atom. The molecule has 5 nitrogen and oxygen atoms in total. The summed E-state index contributed by atoms with van der Waals surface area (Å²) in [6.45, 7) is 4.81. The second kappa shape index (κ2) is 8.85. The number of rotatable bonds is 8. The summed E-state index contributed by atoms with van der Waals surface area (Å²) in [6.07, 6.45) is 4.22. The van der Waals surface area contributed by atoms with Gasteiger partial charge in [0.15, 0.2) is 11.4 Å². The number of amides is 1. The van der Waals surface area contributed by atoms with E-state index >= 15 is 0 Å². The van der Waals surface area contributed by atoms with E-state index in [1.54, 1.807) is 29.0 Å². The zero-order valence-corrected chi connectivity index (χ0v) is 15.4. The van der Waals surface area contributed by atoms with Crippen molar-refractivity contribution in [2.45, 2.75) is 6.42 Å². The molecule has 0 unspecified atom stereocenters. The summed E-state index contributed by atoms with van der Waals surface area (Å²) in [5.41, 5.74) is 2.35. The van der Waals surface area contributed by atoms with Crippen molar-refractivity contribution >= 4 is 5.91 Å². The molecule has 0 radical (unpaired) electrons. The molecule has 0 saturated carbocycles. The van der Waals surface area contributed by atoms with Crippen LogP contribution in [0.3, 0.4) is 0 Å². The van der Waals surface area contributed by atoms with Crippen LogP contribution in [0.25, 0.3) is 5.69 Å². The van der Waals surface area contributed by atoms with Crippen LogP contribution in [0.15, 0.2) is 79.5 Å². The minimum atomic E-state index is -0.169. The van der Waals surface area contributed by atoms with Gasteiger partial charge in [-0.25, -0.2) is 4.68 Å². The highest BCUT2D eigenvalue weighted by Gasteiger charge is 2.23. The highest BCUT2D eigenvalue weighted by Crippen LogP contribution is 2.21. The van der Waals surface area contributed by atoms with Gasteiger partial charge in [-0.3, -0.25) is 4.79 Å². The maximum absolute atomic E-state index is 13.1. The second-order valence-corrected chi connectivity index (χ2v) is 6.10. The monoisotopic (exact) mass is 361 g/mol. The topological polar surface area (TPSA) is 47.4 Å². The van der Waals surface area contributed by atoms with Gasteiger partial charge in [-0.05, 0) is 24.1 Å². The molecule has 27 heavy (non-hydrogen) atoms. The lowest BCUT2D eigenvalue weighted by atomic mass is 10.1. The van der Waals surface area contributed by atoms with Crippen LogP contribution in [0.2, 0.25) is 0 Å². The first-order valence-corrected chi connectivity index (χ1v) is 8.86. The Hall–Kier alpha value is -3.34. The first-order valence-electron chi connectivity index (χ1n) is 8.86.